The molecule has 0 aliphatic rings. The van der Waals surface area contributed by atoms with Gasteiger partial charge in [0.05, 0.1) is 16.3 Å². The van der Waals surface area contributed by atoms with Gasteiger partial charge in [0.1, 0.15) is 0 Å². The van der Waals surface area contributed by atoms with Crippen LogP contribution in [0.4, 0.5) is 17.6 Å². The van der Waals surface area contributed by atoms with Crippen molar-refractivity contribution in [2.45, 2.75) is 25.5 Å². The zero-order valence-electron chi connectivity index (χ0n) is 17.7. The molecule has 2 aromatic heterocycles. The number of para-hydroxylation sites is 2. The first-order valence-electron chi connectivity index (χ1n) is 9.96. The standard InChI is InChI=1S/C23H22N6O2S/c1-14-7-3-5-9-17(14)26-23-28-19(27-22(24)29-23)12-31-21(30)13-32-20-11-15(2)16-8-4-6-10-18(16)25-20/h3-11H,12-13H2,1-2H3,(H3,24,26,27,28,29). The SMILES string of the molecule is Cc1ccccc1Nc1nc(N)nc(COC(=O)CSc2cc(C)c3ccccc3n2)n1. The first kappa shape index (κ1) is 21.5. The van der Waals surface area contributed by atoms with Crippen LogP contribution in [-0.4, -0.2) is 31.7 Å². The maximum Gasteiger partial charge on any atom is 0.316 e. The second-order valence-corrected chi connectivity index (χ2v) is 8.11. The fourth-order valence-electron chi connectivity index (χ4n) is 3.10. The summed E-state index contributed by atoms with van der Waals surface area (Å²) in [6.45, 7) is 3.90. The third-order valence-electron chi connectivity index (χ3n) is 4.69. The number of thioether (sulfide) groups is 1. The molecule has 0 fully saturated rings. The summed E-state index contributed by atoms with van der Waals surface area (Å²) in [6, 6.07) is 17.6. The number of nitrogen functional groups attached to an aromatic ring is 1. The van der Waals surface area contributed by atoms with Gasteiger partial charge in [-0.3, -0.25) is 4.79 Å². The van der Waals surface area contributed by atoms with Gasteiger partial charge < -0.3 is 15.8 Å². The van der Waals surface area contributed by atoms with Crippen LogP contribution in [0.25, 0.3) is 10.9 Å². The Hall–Kier alpha value is -3.72. The van der Waals surface area contributed by atoms with Crippen molar-refractivity contribution in [3.63, 3.8) is 0 Å². The van der Waals surface area contributed by atoms with Gasteiger partial charge in [-0.25, -0.2) is 4.98 Å². The fraction of sp³-hybridized carbons (Fsp3) is 0.174. The van der Waals surface area contributed by atoms with E-state index in [9.17, 15) is 4.79 Å². The van der Waals surface area contributed by atoms with Crippen LogP contribution in [0.15, 0.2) is 59.6 Å². The van der Waals surface area contributed by atoms with Crippen LogP contribution in [0.1, 0.15) is 17.0 Å². The summed E-state index contributed by atoms with van der Waals surface area (Å²) in [7, 11) is 0. The minimum absolute atomic E-state index is 0.0485. The Morgan fingerprint density at radius 1 is 1.00 bits per heavy atom. The summed E-state index contributed by atoms with van der Waals surface area (Å²) in [5.74, 6) is 0.344. The highest BCUT2D eigenvalue weighted by atomic mass is 32.2. The van der Waals surface area contributed by atoms with Gasteiger partial charge in [-0.15, -0.1) is 0 Å². The Morgan fingerprint density at radius 3 is 2.62 bits per heavy atom. The molecule has 0 atom stereocenters. The number of ether oxygens (including phenoxy) is 1. The molecule has 0 saturated heterocycles. The number of nitrogens with two attached hydrogens (primary N) is 1. The molecule has 0 unspecified atom stereocenters. The third-order valence-corrected chi connectivity index (χ3v) is 5.58. The summed E-state index contributed by atoms with van der Waals surface area (Å²) in [5, 5.41) is 4.98. The van der Waals surface area contributed by atoms with Gasteiger partial charge in [0.15, 0.2) is 12.4 Å². The number of aryl methyl sites for hydroxylation is 2. The minimum Gasteiger partial charge on any atom is -0.457 e. The number of nitrogens with zero attached hydrogens (tertiary/aromatic N) is 4. The van der Waals surface area contributed by atoms with Crippen LogP contribution in [0.2, 0.25) is 0 Å². The van der Waals surface area contributed by atoms with E-state index >= 15 is 0 Å². The predicted molar refractivity (Wildman–Crippen MR) is 126 cm³/mol. The van der Waals surface area contributed by atoms with E-state index < -0.39 is 5.97 Å². The molecule has 0 saturated carbocycles. The third kappa shape index (κ3) is 5.30. The van der Waals surface area contributed by atoms with Gasteiger partial charge >= 0.3 is 5.97 Å². The van der Waals surface area contributed by atoms with Crippen LogP contribution in [0, 0.1) is 13.8 Å². The molecule has 0 aliphatic carbocycles. The second-order valence-electron chi connectivity index (χ2n) is 7.12. The molecule has 9 heteroatoms. The average Bonchev–Trinajstić information content (AvgIpc) is 2.77. The number of hydrogen-bond donors (Lipinski definition) is 2. The van der Waals surface area contributed by atoms with Crippen molar-refractivity contribution >= 4 is 46.2 Å². The van der Waals surface area contributed by atoms with Gasteiger partial charge in [-0.2, -0.15) is 15.0 Å². The van der Waals surface area contributed by atoms with Crippen LogP contribution in [-0.2, 0) is 16.1 Å². The van der Waals surface area contributed by atoms with Crippen molar-refractivity contribution in [3.05, 3.63) is 71.5 Å². The molecule has 32 heavy (non-hydrogen) atoms. The van der Waals surface area contributed by atoms with Gasteiger partial charge in [-0.1, -0.05) is 48.2 Å². The summed E-state index contributed by atoms with van der Waals surface area (Å²) in [6.07, 6.45) is 0. The number of hydrogen-bond acceptors (Lipinski definition) is 9. The number of benzene rings is 2. The lowest BCUT2D eigenvalue weighted by molar-refractivity contribution is -0.141. The lowest BCUT2D eigenvalue weighted by atomic mass is 10.1. The number of carbonyl (C=O) groups excluding carboxylic acids is 1. The Kier molecular flexibility index (Phi) is 6.46. The number of fused-ring (bicyclic) bond motifs is 1. The number of anilines is 3. The number of pyridine rings is 1. The summed E-state index contributed by atoms with van der Waals surface area (Å²) >= 11 is 1.33. The van der Waals surface area contributed by atoms with Gasteiger partial charge in [0, 0.05) is 11.1 Å². The van der Waals surface area contributed by atoms with Gasteiger partial charge in [-0.05, 0) is 43.2 Å². The summed E-state index contributed by atoms with van der Waals surface area (Å²) in [4.78, 5) is 29.3. The van der Waals surface area contributed by atoms with Crippen molar-refractivity contribution in [1.82, 2.24) is 19.9 Å². The van der Waals surface area contributed by atoms with E-state index in [-0.39, 0.29) is 24.1 Å². The Bertz CT molecular complexity index is 1280. The van der Waals surface area contributed by atoms with Crippen LogP contribution in [0.5, 0.6) is 0 Å². The molecule has 0 radical (unpaired) electrons. The Balaban J connectivity index is 1.36. The van der Waals surface area contributed by atoms with E-state index in [1.807, 2.05) is 68.4 Å². The molecule has 8 nitrogen and oxygen atoms in total. The van der Waals surface area contributed by atoms with Crippen molar-refractivity contribution in [2.75, 3.05) is 16.8 Å². The zero-order valence-corrected chi connectivity index (χ0v) is 18.5. The molecular weight excluding hydrogens is 424 g/mol. The quantitative estimate of drug-likeness (QED) is 0.318. The number of nitrogens with one attached hydrogen (secondary N) is 1. The average molecular weight is 447 g/mol. The van der Waals surface area contributed by atoms with E-state index in [2.05, 4.69) is 25.3 Å². The Labute approximate surface area is 189 Å². The summed E-state index contributed by atoms with van der Waals surface area (Å²) in [5.41, 5.74) is 9.70. The first-order valence-corrected chi connectivity index (χ1v) is 10.9. The molecule has 0 aliphatic heterocycles. The molecule has 3 N–H and O–H groups in total. The minimum atomic E-state index is -0.394. The molecule has 0 amide bonds. The van der Waals surface area contributed by atoms with Crippen LogP contribution in [0.3, 0.4) is 0 Å². The monoisotopic (exact) mass is 446 g/mol. The molecule has 0 spiro atoms. The topological polar surface area (TPSA) is 116 Å². The lowest BCUT2D eigenvalue weighted by Crippen LogP contribution is -2.12. The zero-order chi connectivity index (χ0) is 22.5. The predicted octanol–water partition coefficient (Wildman–Crippen LogP) is 4.20. The highest BCUT2D eigenvalue weighted by molar-refractivity contribution is 7.99. The van der Waals surface area contributed by atoms with Crippen molar-refractivity contribution < 1.29 is 9.53 Å². The molecule has 2 heterocycles. The second kappa shape index (κ2) is 9.61. The first-order chi connectivity index (χ1) is 15.5. The fourth-order valence-corrected chi connectivity index (χ4v) is 3.88. The van der Waals surface area contributed by atoms with E-state index in [0.717, 1.165) is 32.7 Å². The van der Waals surface area contributed by atoms with Crippen LogP contribution >= 0.6 is 11.8 Å². The molecule has 2 aromatic carbocycles. The highest BCUT2D eigenvalue weighted by Gasteiger charge is 2.11. The van der Waals surface area contributed by atoms with E-state index in [1.54, 1.807) is 0 Å². The van der Waals surface area contributed by atoms with E-state index in [1.165, 1.54) is 11.8 Å². The van der Waals surface area contributed by atoms with Crippen molar-refractivity contribution in [2.24, 2.45) is 0 Å². The Morgan fingerprint density at radius 2 is 1.78 bits per heavy atom. The maximum atomic E-state index is 12.3. The molecular formula is C23H22N6O2S. The van der Waals surface area contributed by atoms with E-state index in [0.29, 0.717) is 5.95 Å². The van der Waals surface area contributed by atoms with Crippen molar-refractivity contribution in [1.29, 1.82) is 0 Å². The maximum absolute atomic E-state index is 12.3. The van der Waals surface area contributed by atoms with Gasteiger partial charge in [0.2, 0.25) is 11.9 Å². The molecule has 0 bridgehead atoms. The molecule has 4 aromatic rings. The molecule has 162 valence electrons. The number of aromatic nitrogens is 4. The smallest absolute Gasteiger partial charge is 0.316 e. The molecule has 4 rings (SSSR count). The number of esters is 1. The lowest BCUT2D eigenvalue weighted by Gasteiger charge is -2.10. The van der Waals surface area contributed by atoms with Crippen LogP contribution < -0.4 is 11.1 Å². The number of carbonyl (C=O) groups is 1. The van der Waals surface area contributed by atoms with Crippen molar-refractivity contribution in [3.8, 4) is 0 Å². The normalized spacial score (nSPS) is 10.8. The largest absolute Gasteiger partial charge is 0.457 e. The number of rotatable bonds is 7. The van der Waals surface area contributed by atoms with Gasteiger partial charge in [0.25, 0.3) is 0 Å². The highest BCUT2D eigenvalue weighted by Crippen LogP contribution is 2.24. The van der Waals surface area contributed by atoms with E-state index in [4.69, 9.17) is 10.5 Å². The summed E-state index contributed by atoms with van der Waals surface area (Å²) < 4.78 is 5.33.